The zero-order valence-electron chi connectivity index (χ0n) is 13.6. The molecule has 25 heavy (non-hydrogen) atoms. The predicted octanol–water partition coefficient (Wildman–Crippen LogP) is 2.44. The molecule has 8 heteroatoms. The Labute approximate surface area is 148 Å². The minimum absolute atomic E-state index is 0.0462. The molecular formula is C17H16N4O3S. The average Bonchev–Trinajstić information content (AvgIpc) is 3.08. The number of aromatic nitrogens is 3. The van der Waals surface area contributed by atoms with Crippen LogP contribution in [0.25, 0.3) is 20.9 Å². The van der Waals surface area contributed by atoms with Crippen LogP contribution in [0.3, 0.4) is 0 Å². The highest BCUT2D eigenvalue weighted by Crippen LogP contribution is 2.30. The van der Waals surface area contributed by atoms with E-state index in [1.54, 1.807) is 0 Å². The van der Waals surface area contributed by atoms with Crippen LogP contribution >= 0.6 is 11.3 Å². The summed E-state index contributed by atoms with van der Waals surface area (Å²) in [6.07, 6.45) is 3.71. The molecule has 1 N–H and O–H groups in total. The summed E-state index contributed by atoms with van der Waals surface area (Å²) in [5.74, 6) is -1.05. The lowest BCUT2D eigenvalue weighted by atomic mass is 10.3. The predicted molar refractivity (Wildman–Crippen MR) is 94.2 cm³/mol. The van der Waals surface area contributed by atoms with Gasteiger partial charge in [-0.05, 0) is 18.6 Å². The Morgan fingerprint density at radius 1 is 1.20 bits per heavy atom. The van der Waals surface area contributed by atoms with Crippen molar-refractivity contribution < 1.29 is 14.3 Å². The van der Waals surface area contributed by atoms with Crippen LogP contribution in [0, 0.1) is 0 Å². The molecule has 1 aromatic carbocycles. The monoisotopic (exact) mass is 356 g/mol. The smallest absolute Gasteiger partial charge is 0.359 e. The van der Waals surface area contributed by atoms with Crippen molar-refractivity contribution in [2.75, 3.05) is 13.2 Å². The third kappa shape index (κ3) is 3.97. The van der Waals surface area contributed by atoms with Crippen molar-refractivity contribution in [3.05, 3.63) is 42.4 Å². The molecule has 0 saturated carbocycles. The number of nitrogens with one attached hydrogen (secondary N) is 1. The van der Waals surface area contributed by atoms with Crippen LogP contribution in [0.15, 0.2) is 36.7 Å². The second-order valence-electron chi connectivity index (χ2n) is 5.17. The average molecular weight is 356 g/mol. The van der Waals surface area contributed by atoms with Gasteiger partial charge < -0.3 is 10.1 Å². The Morgan fingerprint density at radius 3 is 2.80 bits per heavy atom. The van der Waals surface area contributed by atoms with Gasteiger partial charge in [-0.15, -0.1) is 11.3 Å². The molecule has 0 unspecified atom stereocenters. The number of para-hydroxylation sites is 1. The zero-order valence-corrected chi connectivity index (χ0v) is 14.4. The summed E-state index contributed by atoms with van der Waals surface area (Å²) in [6, 6.07) is 7.66. The lowest BCUT2D eigenvalue weighted by molar-refractivity contribution is -0.124. The summed E-state index contributed by atoms with van der Waals surface area (Å²) < 4.78 is 6.03. The van der Waals surface area contributed by atoms with E-state index in [4.69, 9.17) is 4.74 Å². The minimum Gasteiger partial charge on any atom is -0.451 e. The first kappa shape index (κ1) is 17.0. The van der Waals surface area contributed by atoms with E-state index < -0.39 is 5.97 Å². The van der Waals surface area contributed by atoms with Crippen molar-refractivity contribution in [3.8, 4) is 10.7 Å². The highest BCUT2D eigenvalue weighted by atomic mass is 32.1. The summed E-state index contributed by atoms with van der Waals surface area (Å²) in [7, 11) is 0. The van der Waals surface area contributed by atoms with Crippen LogP contribution in [0.5, 0.6) is 0 Å². The summed E-state index contributed by atoms with van der Waals surface area (Å²) in [5, 5.41) is 3.22. The summed E-state index contributed by atoms with van der Waals surface area (Å²) in [5.41, 5.74) is 1.22. The van der Waals surface area contributed by atoms with Gasteiger partial charge in [-0.25, -0.2) is 19.7 Å². The van der Waals surface area contributed by atoms with Gasteiger partial charge in [0, 0.05) is 18.9 Å². The quantitative estimate of drug-likeness (QED) is 0.682. The lowest BCUT2D eigenvalue weighted by Crippen LogP contribution is -2.29. The van der Waals surface area contributed by atoms with Crippen LogP contribution in [0.1, 0.15) is 23.8 Å². The van der Waals surface area contributed by atoms with E-state index in [1.807, 2.05) is 31.2 Å². The maximum absolute atomic E-state index is 12.3. The van der Waals surface area contributed by atoms with Gasteiger partial charge in [-0.1, -0.05) is 19.1 Å². The SMILES string of the molecule is CCCNC(=O)COC(=O)c1nccnc1-c1nc2ccccc2s1. The number of hydrogen-bond donors (Lipinski definition) is 1. The molecule has 0 spiro atoms. The van der Waals surface area contributed by atoms with Gasteiger partial charge in [0.15, 0.2) is 12.3 Å². The number of esters is 1. The number of hydrogen-bond acceptors (Lipinski definition) is 7. The summed E-state index contributed by atoms with van der Waals surface area (Å²) in [6.45, 7) is 2.13. The van der Waals surface area contributed by atoms with Gasteiger partial charge in [0.1, 0.15) is 10.7 Å². The van der Waals surface area contributed by atoms with Gasteiger partial charge in [0.2, 0.25) is 0 Å². The van der Waals surface area contributed by atoms with Crippen LogP contribution < -0.4 is 5.32 Å². The van der Waals surface area contributed by atoms with Gasteiger partial charge in [-0.3, -0.25) is 4.79 Å². The zero-order chi connectivity index (χ0) is 17.6. The van der Waals surface area contributed by atoms with Crippen molar-refractivity contribution in [2.45, 2.75) is 13.3 Å². The highest BCUT2D eigenvalue weighted by Gasteiger charge is 2.20. The Balaban J connectivity index is 1.81. The number of rotatable bonds is 6. The van der Waals surface area contributed by atoms with Crippen LogP contribution in [-0.2, 0) is 9.53 Å². The molecule has 128 valence electrons. The highest BCUT2D eigenvalue weighted by molar-refractivity contribution is 7.21. The number of carbonyl (C=O) groups is 2. The van der Waals surface area contributed by atoms with E-state index in [0.29, 0.717) is 17.2 Å². The van der Waals surface area contributed by atoms with Crippen molar-refractivity contribution in [1.82, 2.24) is 20.3 Å². The summed E-state index contributed by atoms with van der Waals surface area (Å²) >= 11 is 1.42. The van der Waals surface area contributed by atoms with Gasteiger partial charge in [0.25, 0.3) is 5.91 Å². The largest absolute Gasteiger partial charge is 0.451 e. The van der Waals surface area contributed by atoms with E-state index in [1.165, 1.54) is 23.7 Å². The first-order valence-electron chi connectivity index (χ1n) is 7.80. The molecule has 0 aliphatic heterocycles. The first-order valence-corrected chi connectivity index (χ1v) is 8.61. The van der Waals surface area contributed by atoms with E-state index in [2.05, 4.69) is 20.3 Å². The maximum Gasteiger partial charge on any atom is 0.359 e. The first-order chi connectivity index (χ1) is 12.2. The van der Waals surface area contributed by atoms with Crippen molar-refractivity contribution in [2.24, 2.45) is 0 Å². The lowest BCUT2D eigenvalue weighted by Gasteiger charge is -2.06. The van der Waals surface area contributed by atoms with Gasteiger partial charge in [-0.2, -0.15) is 0 Å². The molecule has 0 fully saturated rings. The maximum atomic E-state index is 12.3. The number of carbonyl (C=O) groups excluding carboxylic acids is 2. The Bertz CT molecular complexity index is 877. The molecule has 0 bridgehead atoms. The number of benzene rings is 1. The van der Waals surface area contributed by atoms with Crippen LogP contribution in [-0.4, -0.2) is 40.0 Å². The fraction of sp³-hybridized carbons (Fsp3) is 0.235. The van der Waals surface area contributed by atoms with E-state index in [9.17, 15) is 9.59 Å². The Morgan fingerprint density at radius 2 is 2.00 bits per heavy atom. The summed E-state index contributed by atoms with van der Waals surface area (Å²) in [4.78, 5) is 36.7. The molecule has 2 aromatic heterocycles. The molecule has 3 aromatic rings. The van der Waals surface area contributed by atoms with Crippen molar-refractivity contribution in [1.29, 1.82) is 0 Å². The normalized spacial score (nSPS) is 10.6. The molecule has 0 saturated heterocycles. The third-order valence-electron chi connectivity index (χ3n) is 3.29. The molecule has 3 rings (SSSR count). The number of nitrogens with zero attached hydrogens (tertiary/aromatic N) is 3. The minimum atomic E-state index is -0.700. The molecular weight excluding hydrogens is 340 g/mol. The molecule has 2 heterocycles. The van der Waals surface area contributed by atoms with E-state index in [0.717, 1.165) is 16.6 Å². The standard InChI is InChI=1S/C17H16N4O3S/c1-2-7-18-13(22)10-24-17(23)15-14(19-8-9-20-15)16-21-11-5-3-4-6-12(11)25-16/h3-6,8-9H,2,7,10H2,1H3,(H,18,22). The number of ether oxygens (including phenoxy) is 1. The van der Waals surface area contributed by atoms with Crippen LogP contribution in [0.2, 0.25) is 0 Å². The molecule has 0 atom stereocenters. The number of thiazole rings is 1. The number of fused-ring (bicyclic) bond motifs is 1. The Kier molecular flexibility index (Phi) is 5.30. The fourth-order valence-corrected chi connectivity index (χ4v) is 3.10. The van der Waals surface area contributed by atoms with E-state index in [-0.39, 0.29) is 18.2 Å². The third-order valence-corrected chi connectivity index (χ3v) is 4.34. The molecule has 0 aliphatic rings. The number of amides is 1. The molecule has 0 aliphatic carbocycles. The second-order valence-corrected chi connectivity index (χ2v) is 6.20. The van der Waals surface area contributed by atoms with Crippen LogP contribution in [0.4, 0.5) is 0 Å². The van der Waals surface area contributed by atoms with Gasteiger partial charge >= 0.3 is 5.97 Å². The second kappa shape index (κ2) is 7.80. The van der Waals surface area contributed by atoms with Crippen molar-refractivity contribution >= 4 is 33.4 Å². The topological polar surface area (TPSA) is 94.1 Å². The fourth-order valence-electron chi connectivity index (χ4n) is 2.13. The molecule has 0 radical (unpaired) electrons. The Hall–Kier alpha value is -2.87. The van der Waals surface area contributed by atoms with Gasteiger partial charge in [0.05, 0.1) is 10.2 Å². The van der Waals surface area contributed by atoms with Crippen molar-refractivity contribution in [3.63, 3.8) is 0 Å². The van der Waals surface area contributed by atoms with E-state index >= 15 is 0 Å². The molecule has 7 nitrogen and oxygen atoms in total. The molecule has 1 amide bonds.